The molecule has 8 nitrogen and oxygen atoms in total. The van der Waals surface area contributed by atoms with Crippen molar-refractivity contribution in [2.75, 3.05) is 0 Å². The number of Topliss-reactive ketones (excluding diaryl/α,β-unsaturated/α-hetero) is 1. The molecule has 1 aliphatic carbocycles. The van der Waals surface area contributed by atoms with E-state index < -0.39 is 40.9 Å². The molecule has 3 rings (SSSR count). The second kappa shape index (κ2) is 6.24. The second-order valence-electron chi connectivity index (χ2n) is 5.46. The van der Waals surface area contributed by atoms with Crippen molar-refractivity contribution in [1.82, 2.24) is 15.0 Å². The van der Waals surface area contributed by atoms with Crippen LogP contribution in [0.5, 0.6) is 11.6 Å². The van der Waals surface area contributed by atoms with Gasteiger partial charge in [-0.1, -0.05) is 0 Å². The molecule has 0 unspecified atom stereocenters. The minimum atomic E-state index is -5.26. The van der Waals surface area contributed by atoms with Crippen molar-refractivity contribution in [3.05, 3.63) is 33.7 Å². The molecule has 2 aromatic rings. The molecule has 0 amide bonds. The van der Waals surface area contributed by atoms with Crippen LogP contribution >= 0.6 is 0 Å². The first-order chi connectivity index (χ1) is 12.1. The van der Waals surface area contributed by atoms with Gasteiger partial charge in [0.05, 0.1) is 6.07 Å². The van der Waals surface area contributed by atoms with Crippen LogP contribution < -0.4 is 10.3 Å². The van der Waals surface area contributed by atoms with Gasteiger partial charge in [-0.3, -0.25) is 9.59 Å². The van der Waals surface area contributed by atoms with E-state index in [9.17, 15) is 32.7 Å². The highest BCUT2D eigenvalue weighted by molar-refractivity contribution is 5.97. The fraction of sp³-hybridized carbons (Fsp3) is 0.267. The maximum atomic E-state index is 12.5. The molecular formula is C15H10F3N3O5. The van der Waals surface area contributed by atoms with E-state index in [-0.39, 0.29) is 17.9 Å². The Kier molecular flexibility index (Phi) is 4.22. The molecule has 0 spiro atoms. The van der Waals surface area contributed by atoms with Crippen LogP contribution in [0.4, 0.5) is 13.2 Å². The number of nitrogens with zero attached hydrogens (tertiary/aromatic N) is 2. The lowest BCUT2D eigenvalue weighted by Gasteiger charge is -2.17. The molecule has 2 aromatic heterocycles. The lowest BCUT2D eigenvalue weighted by Crippen LogP contribution is -2.28. The van der Waals surface area contributed by atoms with E-state index in [0.29, 0.717) is 18.4 Å². The molecule has 26 heavy (non-hydrogen) atoms. The quantitative estimate of drug-likeness (QED) is 0.770. The molecule has 0 radical (unpaired) electrons. The van der Waals surface area contributed by atoms with E-state index in [1.165, 1.54) is 0 Å². The van der Waals surface area contributed by atoms with Crippen molar-refractivity contribution in [2.45, 2.75) is 25.4 Å². The number of rotatable bonds is 2. The number of H-pyrrole nitrogens is 1. The number of nitrogens with one attached hydrogen (secondary N) is 1. The number of aromatic hydroxyl groups is 1. The van der Waals surface area contributed by atoms with Gasteiger partial charge in [-0.05, 0) is 24.5 Å². The summed E-state index contributed by atoms with van der Waals surface area (Å²) in [5.41, 5.74) is -0.974. The average Bonchev–Trinajstić information content (AvgIpc) is 2.52. The summed E-state index contributed by atoms with van der Waals surface area (Å²) >= 11 is 0. The number of alkyl halides is 3. The summed E-state index contributed by atoms with van der Waals surface area (Å²) in [5, 5.41) is 9.43. The van der Waals surface area contributed by atoms with Gasteiger partial charge in [0, 0.05) is 6.42 Å². The summed E-state index contributed by atoms with van der Waals surface area (Å²) in [6.45, 7) is 0. The fourth-order valence-corrected chi connectivity index (χ4v) is 2.49. The number of pyridine rings is 1. The predicted molar refractivity (Wildman–Crippen MR) is 78.7 cm³/mol. The van der Waals surface area contributed by atoms with Crippen molar-refractivity contribution in [2.24, 2.45) is 0 Å². The third-order valence-electron chi connectivity index (χ3n) is 3.57. The highest BCUT2D eigenvalue weighted by Crippen LogP contribution is 2.33. The summed E-state index contributed by atoms with van der Waals surface area (Å²) in [4.78, 5) is 44.4. The largest absolute Gasteiger partial charge is 0.493 e. The summed E-state index contributed by atoms with van der Waals surface area (Å²) in [5.74, 6) is -4.63. The topological polar surface area (TPSA) is 122 Å². The number of aromatic nitrogens is 3. The van der Waals surface area contributed by atoms with E-state index in [4.69, 9.17) is 0 Å². The standard InChI is InChI=1S/C15H10F3N3O5/c16-15(17,18)14(25)26-8-4-6-2-1-3-7(22)11(6)21-12(8)13-19-9(23)5-10(24)20-13/h4-5H,1-3H2,(H2,19,20,23,24). The smallest absolute Gasteiger partial charge is 0.491 e. The summed E-state index contributed by atoms with van der Waals surface area (Å²) in [6.07, 6.45) is -4.23. The van der Waals surface area contributed by atoms with Gasteiger partial charge in [0.2, 0.25) is 5.88 Å². The zero-order valence-corrected chi connectivity index (χ0v) is 12.9. The number of fused-ring (bicyclic) bond motifs is 1. The molecule has 0 saturated carbocycles. The molecule has 2 heterocycles. The first kappa shape index (κ1) is 17.6. The summed E-state index contributed by atoms with van der Waals surface area (Å²) < 4.78 is 42.0. The van der Waals surface area contributed by atoms with Gasteiger partial charge < -0.3 is 14.8 Å². The van der Waals surface area contributed by atoms with Crippen molar-refractivity contribution in [3.63, 3.8) is 0 Å². The van der Waals surface area contributed by atoms with Crippen molar-refractivity contribution < 1.29 is 32.6 Å². The molecule has 0 aliphatic heterocycles. The molecule has 0 saturated heterocycles. The average molecular weight is 369 g/mol. The van der Waals surface area contributed by atoms with Gasteiger partial charge in [-0.15, -0.1) is 0 Å². The maximum Gasteiger partial charge on any atom is 0.491 e. The Morgan fingerprint density at radius 2 is 1.88 bits per heavy atom. The van der Waals surface area contributed by atoms with E-state index >= 15 is 0 Å². The fourth-order valence-electron chi connectivity index (χ4n) is 2.49. The minimum absolute atomic E-state index is 0.0101. The van der Waals surface area contributed by atoms with Crippen LogP contribution in [0.15, 0.2) is 16.9 Å². The number of hydrogen-bond acceptors (Lipinski definition) is 7. The van der Waals surface area contributed by atoms with Gasteiger partial charge in [0.25, 0.3) is 5.56 Å². The molecule has 11 heteroatoms. The highest BCUT2D eigenvalue weighted by atomic mass is 19.4. The Bertz CT molecular complexity index is 968. The van der Waals surface area contributed by atoms with Crippen LogP contribution in [0.2, 0.25) is 0 Å². The van der Waals surface area contributed by atoms with E-state index in [1.54, 1.807) is 0 Å². The van der Waals surface area contributed by atoms with Crippen LogP contribution in [0.3, 0.4) is 0 Å². The predicted octanol–water partition coefficient (Wildman–Crippen LogP) is 1.52. The maximum absolute atomic E-state index is 12.5. The number of aromatic amines is 1. The minimum Gasteiger partial charge on any atom is -0.493 e. The van der Waals surface area contributed by atoms with Gasteiger partial charge in [0.1, 0.15) is 11.4 Å². The number of hydrogen-bond donors (Lipinski definition) is 2. The Morgan fingerprint density at radius 3 is 2.54 bits per heavy atom. The van der Waals surface area contributed by atoms with E-state index in [1.807, 2.05) is 0 Å². The first-order valence-corrected chi connectivity index (χ1v) is 7.32. The molecule has 1 aliphatic rings. The van der Waals surface area contributed by atoms with Crippen LogP contribution in [0.25, 0.3) is 11.5 Å². The number of aryl methyl sites for hydroxylation is 1. The van der Waals surface area contributed by atoms with Crippen LogP contribution in [0.1, 0.15) is 28.9 Å². The van der Waals surface area contributed by atoms with Crippen molar-refractivity contribution in [1.29, 1.82) is 0 Å². The molecule has 0 aromatic carbocycles. The normalized spacial score (nSPS) is 14.0. The third kappa shape index (κ3) is 3.41. The van der Waals surface area contributed by atoms with Gasteiger partial charge in [0.15, 0.2) is 17.4 Å². The molecule has 0 atom stereocenters. The van der Waals surface area contributed by atoms with Crippen molar-refractivity contribution in [3.8, 4) is 23.1 Å². The third-order valence-corrected chi connectivity index (χ3v) is 3.57. The van der Waals surface area contributed by atoms with Crippen LogP contribution in [-0.2, 0) is 11.2 Å². The Hall–Kier alpha value is -3.24. The Labute approximate surface area is 142 Å². The molecule has 0 bridgehead atoms. The highest BCUT2D eigenvalue weighted by Gasteiger charge is 2.42. The van der Waals surface area contributed by atoms with Crippen LogP contribution in [-0.4, -0.2) is 38.0 Å². The van der Waals surface area contributed by atoms with Gasteiger partial charge in [-0.2, -0.15) is 18.2 Å². The Morgan fingerprint density at radius 1 is 1.15 bits per heavy atom. The SMILES string of the molecule is O=C1CCCc2cc(OC(=O)C(F)(F)F)c(-c3nc(O)cc(=O)[nH]3)nc21. The van der Waals surface area contributed by atoms with Gasteiger partial charge >= 0.3 is 12.1 Å². The summed E-state index contributed by atoms with van der Waals surface area (Å²) in [7, 11) is 0. The van der Waals surface area contributed by atoms with E-state index in [0.717, 1.165) is 12.1 Å². The zero-order chi connectivity index (χ0) is 19.1. The lowest BCUT2D eigenvalue weighted by atomic mass is 9.94. The monoisotopic (exact) mass is 369 g/mol. The van der Waals surface area contributed by atoms with E-state index in [2.05, 4.69) is 19.7 Å². The zero-order valence-electron chi connectivity index (χ0n) is 12.9. The van der Waals surface area contributed by atoms with Gasteiger partial charge in [-0.25, -0.2) is 9.78 Å². The Balaban J connectivity index is 2.19. The summed E-state index contributed by atoms with van der Waals surface area (Å²) in [6, 6.07) is 1.82. The molecule has 0 fully saturated rings. The number of esters is 1. The molecule has 2 N–H and O–H groups in total. The molecular weight excluding hydrogens is 359 g/mol. The first-order valence-electron chi connectivity index (χ1n) is 7.32. The van der Waals surface area contributed by atoms with Crippen LogP contribution in [0, 0.1) is 0 Å². The van der Waals surface area contributed by atoms with Crippen molar-refractivity contribution >= 4 is 11.8 Å². The number of carbonyl (C=O) groups excluding carboxylic acids is 2. The second-order valence-corrected chi connectivity index (χ2v) is 5.46. The molecule has 136 valence electrons. The number of ketones is 1. The number of halogens is 3. The number of ether oxygens (including phenoxy) is 1. The number of carbonyl (C=O) groups is 2. The lowest BCUT2D eigenvalue weighted by molar-refractivity contribution is -0.189.